The van der Waals surface area contributed by atoms with Gasteiger partial charge in [0, 0.05) is 18.7 Å². The van der Waals surface area contributed by atoms with Gasteiger partial charge in [0.05, 0.1) is 6.61 Å². The molecule has 0 radical (unpaired) electrons. The minimum atomic E-state index is -0.624. The van der Waals surface area contributed by atoms with Crippen molar-refractivity contribution in [3.63, 3.8) is 0 Å². The molecule has 0 amide bonds. The van der Waals surface area contributed by atoms with E-state index in [1.165, 1.54) is 0 Å². The van der Waals surface area contributed by atoms with Crippen LogP contribution in [-0.2, 0) is 11.3 Å². The zero-order valence-corrected chi connectivity index (χ0v) is 12.8. The second kappa shape index (κ2) is 8.25. The van der Waals surface area contributed by atoms with Crippen molar-refractivity contribution in [1.82, 2.24) is 0 Å². The van der Waals surface area contributed by atoms with Gasteiger partial charge in [-0.1, -0.05) is 39.0 Å². The molecule has 0 spiro atoms. The van der Waals surface area contributed by atoms with E-state index in [4.69, 9.17) is 15.2 Å². The molecule has 0 aliphatic carbocycles. The average molecular weight is 281 g/mol. The molecule has 3 N–H and O–H groups in total. The maximum absolute atomic E-state index is 9.82. The number of rotatable bonds is 8. The third-order valence-corrected chi connectivity index (χ3v) is 2.93. The molecule has 1 atom stereocenters. The van der Waals surface area contributed by atoms with Crippen LogP contribution in [0.2, 0.25) is 0 Å². The molecule has 0 fully saturated rings. The monoisotopic (exact) mass is 281 g/mol. The third kappa shape index (κ3) is 6.89. The van der Waals surface area contributed by atoms with Crippen molar-refractivity contribution in [2.45, 2.75) is 39.8 Å². The molecule has 1 rings (SSSR count). The van der Waals surface area contributed by atoms with Gasteiger partial charge in [0.2, 0.25) is 0 Å². The van der Waals surface area contributed by atoms with Gasteiger partial charge < -0.3 is 20.3 Å². The van der Waals surface area contributed by atoms with E-state index >= 15 is 0 Å². The number of aliphatic hydroxyl groups excluding tert-OH is 1. The Balaban J connectivity index is 2.24. The van der Waals surface area contributed by atoms with Gasteiger partial charge in [-0.25, -0.2) is 0 Å². The van der Waals surface area contributed by atoms with E-state index in [-0.39, 0.29) is 12.0 Å². The van der Waals surface area contributed by atoms with E-state index in [0.717, 1.165) is 17.7 Å². The van der Waals surface area contributed by atoms with Crippen LogP contribution in [0.15, 0.2) is 24.3 Å². The maximum Gasteiger partial charge on any atom is 0.123 e. The fourth-order valence-electron chi connectivity index (χ4n) is 1.65. The van der Waals surface area contributed by atoms with Crippen molar-refractivity contribution in [1.29, 1.82) is 0 Å². The molecule has 0 heterocycles. The van der Waals surface area contributed by atoms with E-state index in [1.807, 2.05) is 24.3 Å². The zero-order valence-electron chi connectivity index (χ0n) is 12.8. The molecule has 0 aromatic heterocycles. The summed E-state index contributed by atoms with van der Waals surface area (Å²) in [6.45, 7) is 8.08. The van der Waals surface area contributed by atoms with Crippen LogP contribution in [0.25, 0.3) is 0 Å². The molecule has 1 unspecified atom stereocenters. The minimum absolute atomic E-state index is 0.215. The molecular weight excluding hydrogens is 254 g/mol. The molecular formula is C16H27NO3. The van der Waals surface area contributed by atoms with Crippen LogP contribution in [0, 0.1) is 5.41 Å². The van der Waals surface area contributed by atoms with E-state index in [1.54, 1.807) is 0 Å². The second-order valence-corrected chi connectivity index (χ2v) is 6.16. The van der Waals surface area contributed by atoms with Crippen molar-refractivity contribution >= 4 is 0 Å². The molecule has 4 nitrogen and oxygen atoms in total. The van der Waals surface area contributed by atoms with Crippen LogP contribution in [0.3, 0.4) is 0 Å². The summed E-state index contributed by atoms with van der Waals surface area (Å²) in [4.78, 5) is 0. The van der Waals surface area contributed by atoms with Gasteiger partial charge in [-0.05, 0) is 17.9 Å². The van der Waals surface area contributed by atoms with Crippen molar-refractivity contribution in [3.8, 4) is 5.75 Å². The molecule has 4 heteroatoms. The second-order valence-electron chi connectivity index (χ2n) is 6.16. The Bertz CT molecular complexity index is 388. The van der Waals surface area contributed by atoms with Crippen molar-refractivity contribution < 1.29 is 14.6 Å². The molecule has 1 aromatic rings. The summed E-state index contributed by atoms with van der Waals surface area (Å²) in [6.07, 6.45) is 0.345. The van der Waals surface area contributed by atoms with Crippen molar-refractivity contribution in [2.24, 2.45) is 11.1 Å². The molecule has 0 aliphatic heterocycles. The number of nitrogens with two attached hydrogens (primary N) is 1. The summed E-state index contributed by atoms with van der Waals surface area (Å²) < 4.78 is 11.0. The van der Waals surface area contributed by atoms with E-state index in [9.17, 15) is 5.11 Å². The number of hydrogen-bond donors (Lipinski definition) is 2. The number of hydrogen-bond acceptors (Lipinski definition) is 4. The summed E-state index contributed by atoms with van der Waals surface area (Å²) in [7, 11) is 0. The van der Waals surface area contributed by atoms with Crippen LogP contribution in [-0.4, -0.2) is 31.0 Å². The smallest absolute Gasteiger partial charge is 0.123 e. The Kier molecular flexibility index (Phi) is 6.99. The Morgan fingerprint density at radius 2 is 1.90 bits per heavy atom. The SMILES string of the molecule is CC(C)(C)CCOCC(O)COc1ccccc1CN. The fourth-order valence-corrected chi connectivity index (χ4v) is 1.65. The highest BCUT2D eigenvalue weighted by Crippen LogP contribution is 2.18. The average Bonchev–Trinajstić information content (AvgIpc) is 2.40. The normalized spacial score (nSPS) is 13.2. The summed E-state index contributed by atoms with van der Waals surface area (Å²) in [6, 6.07) is 7.58. The number of ether oxygens (including phenoxy) is 2. The molecule has 0 saturated heterocycles. The predicted octanol–water partition coefficient (Wildman–Crippen LogP) is 2.34. The van der Waals surface area contributed by atoms with Gasteiger partial charge in [-0.15, -0.1) is 0 Å². The van der Waals surface area contributed by atoms with Crippen LogP contribution in [0.4, 0.5) is 0 Å². The summed E-state index contributed by atoms with van der Waals surface area (Å²) in [5.41, 5.74) is 6.82. The largest absolute Gasteiger partial charge is 0.490 e. The minimum Gasteiger partial charge on any atom is -0.490 e. The number of benzene rings is 1. The lowest BCUT2D eigenvalue weighted by Crippen LogP contribution is -2.24. The Hall–Kier alpha value is -1.10. The van der Waals surface area contributed by atoms with E-state index in [2.05, 4.69) is 20.8 Å². The van der Waals surface area contributed by atoms with Gasteiger partial charge in [-0.3, -0.25) is 0 Å². The Morgan fingerprint density at radius 1 is 1.20 bits per heavy atom. The molecule has 20 heavy (non-hydrogen) atoms. The first-order valence-electron chi connectivity index (χ1n) is 7.09. The summed E-state index contributed by atoms with van der Waals surface area (Å²) in [5.74, 6) is 0.726. The number of aliphatic hydroxyl groups is 1. The summed E-state index contributed by atoms with van der Waals surface area (Å²) in [5, 5.41) is 9.82. The van der Waals surface area contributed by atoms with Gasteiger partial charge in [0.15, 0.2) is 0 Å². The maximum atomic E-state index is 9.82. The fraction of sp³-hybridized carbons (Fsp3) is 0.625. The summed E-state index contributed by atoms with van der Waals surface area (Å²) >= 11 is 0. The molecule has 0 aliphatic rings. The zero-order chi connectivity index (χ0) is 15.0. The van der Waals surface area contributed by atoms with Crippen molar-refractivity contribution in [2.75, 3.05) is 19.8 Å². The molecule has 1 aromatic carbocycles. The highest BCUT2D eigenvalue weighted by molar-refractivity contribution is 5.32. The lowest BCUT2D eigenvalue weighted by atomic mass is 9.93. The Morgan fingerprint density at radius 3 is 2.55 bits per heavy atom. The van der Waals surface area contributed by atoms with Crippen LogP contribution in [0.1, 0.15) is 32.8 Å². The van der Waals surface area contributed by atoms with Gasteiger partial charge in [-0.2, -0.15) is 0 Å². The van der Waals surface area contributed by atoms with Gasteiger partial charge in [0.25, 0.3) is 0 Å². The number of para-hydroxylation sites is 1. The molecule has 0 saturated carbocycles. The van der Waals surface area contributed by atoms with E-state index < -0.39 is 6.10 Å². The quantitative estimate of drug-likeness (QED) is 0.718. The Labute approximate surface area is 121 Å². The topological polar surface area (TPSA) is 64.7 Å². The standard InChI is InChI=1S/C16H27NO3/c1-16(2,3)8-9-19-11-14(18)12-20-15-7-5-4-6-13(15)10-17/h4-7,14,18H,8-12,17H2,1-3H3. The highest BCUT2D eigenvalue weighted by Gasteiger charge is 2.11. The first-order chi connectivity index (χ1) is 9.42. The van der Waals surface area contributed by atoms with Crippen LogP contribution >= 0.6 is 0 Å². The van der Waals surface area contributed by atoms with Gasteiger partial charge in [0.1, 0.15) is 18.5 Å². The van der Waals surface area contributed by atoms with E-state index in [0.29, 0.717) is 19.8 Å². The lowest BCUT2D eigenvalue weighted by Gasteiger charge is -2.19. The van der Waals surface area contributed by atoms with Crippen LogP contribution < -0.4 is 10.5 Å². The first-order valence-corrected chi connectivity index (χ1v) is 7.09. The highest BCUT2D eigenvalue weighted by atomic mass is 16.5. The third-order valence-electron chi connectivity index (χ3n) is 2.93. The van der Waals surface area contributed by atoms with Gasteiger partial charge >= 0.3 is 0 Å². The lowest BCUT2D eigenvalue weighted by molar-refractivity contribution is 0.00511. The predicted molar refractivity (Wildman–Crippen MR) is 80.7 cm³/mol. The van der Waals surface area contributed by atoms with Crippen molar-refractivity contribution in [3.05, 3.63) is 29.8 Å². The first kappa shape index (κ1) is 17.0. The molecule has 0 bridgehead atoms. The van der Waals surface area contributed by atoms with Crippen LogP contribution in [0.5, 0.6) is 5.75 Å². The molecule has 114 valence electrons.